The maximum Gasteiger partial charge on any atom is 0.267 e. The molecule has 0 aliphatic carbocycles. The first-order chi connectivity index (χ1) is 10.2. The molecule has 1 amide bonds. The van der Waals surface area contributed by atoms with Crippen LogP contribution in [0, 0.1) is 23.2 Å². The molecule has 0 bridgehead atoms. The Hall–Kier alpha value is -2.31. The predicted molar refractivity (Wildman–Crippen MR) is 84.4 cm³/mol. The van der Waals surface area contributed by atoms with Crippen LogP contribution < -0.4 is 11.1 Å². The number of halogens is 1. The normalized spacial score (nSPS) is 9.38. The van der Waals surface area contributed by atoms with E-state index in [0.717, 1.165) is 0 Å². The van der Waals surface area contributed by atoms with E-state index in [1.165, 1.54) is 17.4 Å². The lowest BCUT2D eigenvalue weighted by Crippen LogP contribution is -2.11. The summed E-state index contributed by atoms with van der Waals surface area (Å²) in [4.78, 5) is 12.7. The second-order valence-corrected chi connectivity index (χ2v) is 5.25. The van der Waals surface area contributed by atoms with Crippen LogP contribution in [-0.4, -0.2) is 12.5 Å². The third-order valence-electron chi connectivity index (χ3n) is 2.54. The van der Waals surface area contributed by atoms with E-state index < -0.39 is 0 Å². The number of carbonyl (C=O) groups excluding carboxylic acids is 1. The molecule has 1 heterocycles. The van der Waals surface area contributed by atoms with Crippen molar-refractivity contribution in [3.8, 4) is 17.9 Å². The minimum Gasteiger partial charge on any atom is -0.321 e. The van der Waals surface area contributed by atoms with Gasteiger partial charge in [0.05, 0.1) is 17.1 Å². The van der Waals surface area contributed by atoms with Crippen LogP contribution in [0.15, 0.2) is 29.6 Å². The Bertz CT molecular complexity index is 780. The van der Waals surface area contributed by atoms with Crippen molar-refractivity contribution in [2.75, 3.05) is 11.9 Å². The molecule has 0 unspecified atom stereocenters. The Kier molecular flexibility index (Phi) is 4.97. The van der Waals surface area contributed by atoms with E-state index in [4.69, 9.17) is 22.6 Å². The van der Waals surface area contributed by atoms with E-state index >= 15 is 0 Å². The zero-order chi connectivity index (χ0) is 15.2. The molecule has 0 saturated carbocycles. The van der Waals surface area contributed by atoms with Crippen molar-refractivity contribution in [3.05, 3.63) is 50.7 Å². The molecule has 21 heavy (non-hydrogen) atoms. The summed E-state index contributed by atoms with van der Waals surface area (Å²) in [5.74, 6) is 5.30. The summed E-state index contributed by atoms with van der Waals surface area (Å²) >= 11 is 7.23. The van der Waals surface area contributed by atoms with Gasteiger partial charge in [-0.15, -0.1) is 11.3 Å². The number of rotatable bonds is 2. The molecule has 6 heteroatoms. The minimum atomic E-state index is -0.271. The lowest BCUT2D eigenvalue weighted by molar-refractivity contribution is 0.103. The average Bonchev–Trinajstić information content (AvgIpc) is 2.93. The minimum absolute atomic E-state index is 0.238. The number of thiophene rings is 1. The second-order valence-electron chi connectivity index (χ2n) is 3.93. The van der Waals surface area contributed by atoms with Gasteiger partial charge in [-0.1, -0.05) is 23.4 Å². The number of nitriles is 1. The summed E-state index contributed by atoms with van der Waals surface area (Å²) in [6, 6.07) is 8.46. The molecular formula is C15H10ClN3OS. The fourth-order valence-corrected chi connectivity index (χ4v) is 2.57. The van der Waals surface area contributed by atoms with E-state index in [9.17, 15) is 4.79 Å². The smallest absolute Gasteiger partial charge is 0.267 e. The topological polar surface area (TPSA) is 78.9 Å². The quantitative estimate of drug-likeness (QED) is 0.836. The second kappa shape index (κ2) is 6.92. The Balaban J connectivity index is 2.21. The summed E-state index contributed by atoms with van der Waals surface area (Å²) in [5.41, 5.74) is 6.85. The predicted octanol–water partition coefficient (Wildman–Crippen LogP) is 2.84. The first-order valence-corrected chi connectivity index (χ1v) is 7.19. The van der Waals surface area contributed by atoms with Gasteiger partial charge in [0, 0.05) is 11.3 Å². The van der Waals surface area contributed by atoms with Gasteiger partial charge in [0.2, 0.25) is 0 Å². The van der Waals surface area contributed by atoms with Crippen LogP contribution in [0.3, 0.4) is 0 Å². The van der Waals surface area contributed by atoms with E-state index in [-0.39, 0.29) is 12.5 Å². The molecular weight excluding hydrogens is 306 g/mol. The van der Waals surface area contributed by atoms with Crippen molar-refractivity contribution in [3.63, 3.8) is 0 Å². The van der Waals surface area contributed by atoms with Crippen LogP contribution in [0.1, 0.15) is 20.8 Å². The molecule has 0 radical (unpaired) electrons. The SMILES string of the molecule is N#Cc1ccc(NC(=O)c2sccc2C#CCN)cc1Cl. The molecule has 0 spiro atoms. The molecule has 1 aromatic heterocycles. The number of hydrogen-bond donors (Lipinski definition) is 2. The standard InChI is InChI=1S/C15H10ClN3OS/c16-13-8-12(4-3-11(13)9-18)19-15(20)14-10(2-1-6-17)5-7-21-14/h3-5,7-8H,6,17H2,(H,19,20). The monoisotopic (exact) mass is 315 g/mol. The van der Waals surface area contributed by atoms with Crippen molar-refractivity contribution in [1.82, 2.24) is 0 Å². The number of nitrogens with zero attached hydrogens (tertiary/aromatic N) is 1. The molecule has 1 aromatic carbocycles. The van der Waals surface area contributed by atoms with Gasteiger partial charge in [-0.05, 0) is 29.6 Å². The molecule has 0 aliphatic heterocycles. The van der Waals surface area contributed by atoms with Crippen LogP contribution >= 0.6 is 22.9 Å². The molecule has 0 atom stereocenters. The van der Waals surface area contributed by atoms with Gasteiger partial charge in [0.15, 0.2) is 0 Å². The molecule has 0 fully saturated rings. The van der Waals surface area contributed by atoms with Crippen LogP contribution in [0.4, 0.5) is 5.69 Å². The third kappa shape index (κ3) is 3.62. The van der Waals surface area contributed by atoms with Crippen LogP contribution in [0.5, 0.6) is 0 Å². The summed E-state index contributed by atoms with van der Waals surface area (Å²) in [7, 11) is 0. The van der Waals surface area contributed by atoms with Gasteiger partial charge >= 0.3 is 0 Å². The lowest BCUT2D eigenvalue weighted by atomic mass is 10.2. The fourth-order valence-electron chi connectivity index (χ4n) is 1.60. The maximum atomic E-state index is 12.2. The van der Waals surface area contributed by atoms with Crippen molar-refractivity contribution >= 4 is 34.5 Å². The van der Waals surface area contributed by atoms with E-state index in [2.05, 4.69) is 17.2 Å². The molecule has 3 N–H and O–H groups in total. The summed E-state index contributed by atoms with van der Waals surface area (Å²) in [6.07, 6.45) is 0. The molecule has 2 rings (SSSR count). The van der Waals surface area contributed by atoms with Gasteiger partial charge in [0.25, 0.3) is 5.91 Å². The van der Waals surface area contributed by atoms with Crippen LogP contribution in [-0.2, 0) is 0 Å². The highest BCUT2D eigenvalue weighted by atomic mass is 35.5. The largest absolute Gasteiger partial charge is 0.321 e. The number of nitrogens with two attached hydrogens (primary N) is 1. The molecule has 104 valence electrons. The highest BCUT2D eigenvalue weighted by molar-refractivity contribution is 7.12. The Labute approximate surface area is 131 Å². The van der Waals surface area contributed by atoms with Crippen molar-refractivity contribution in [2.24, 2.45) is 5.73 Å². The van der Waals surface area contributed by atoms with E-state index in [1.807, 2.05) is 6.07 Å². The number of carbonyl (C=O) groups is 1. The van der Waals surface area contributed by atoms with Gasteiger partial charge in [-0.3, -0.25) is 4.79 Å². The summed E-state index contributed by atoms with van der Waals surface area (Å²) in [5, 5.41) is 13.6. The van der Waals surface area contributed by atoms with E-state index in [0.29, 0.717) is 26.7 Å². The molecule has 2 aromatic rings. The maximum absolute atomic E-state index is 12.2. The number of amides is 1. The van der Waals surface area contributed by atoms with E-state index in [1.54, 1.807) is 23.6 Å². The van der Waals surface area contributed by atoms with Gasteiger partial charge < -0.3 is 11.1 Å². The molecule has 4 nitrogen and oxygen atoms in total. The number of benzene rings is 1. The number of anilines is 1. The first kappa shape index (κ1) is 15.1. The van der Waals surface area contributed by atoms with Crippen molar-refractivity contribution in [1.29, 1.82) is 5.26 Å². The molecule has 0 saturated heterocycles. The van der Waals surface area contributed by atoms with Gasteiger partial charge in [-0.2, -0.15) is 5.26 Å². The fraction of sp³-hybridized carbons (Fsp3) is 0.0667. The van der Waals surface area contributed by atoms with Crippen molar-refractivity contribution < 1.29 is 4.79 Å². The van der Waals surface area contributed by atoms with Crippen molar-refractivity contribution in [2.45, 2.75) is 0 Å². The Morgan fingerprint density at radius 1 is 1.38 bits per heavy atom. The third-order valence-corrected chi connectivity index (χ3v) is 3.77. The average molecular weight is 316 g/mol. The summed E-state index contributed by atoms with van der Waals surface area (Å²) in [6.45, 7) is 0.238. The highest BCUT2D eigenvalue weighted by Gasteiger charge is 2.13. The summed E-state index contributed by atoms with van der Waals surface area (Å²) < 4.78 is 0. The first-order valence-electron chi connectivity index (χ1n) is 5.93. The van der Waals surface area contributed by atoms with Crippen LogP contribution in [0.2, 0.25) is 5.02 Å². The van der Waals surface area contributed by atoms with Gasteiger partial charge in [-0.25, -0.2) is 0 Å². The Morgan fingerprint density at radius 2 is 2.19 bits per heavy atom. The lowest BCUT2D eigenvalue weighted by Gasteiger charge is -2.05. The molecule has 0 aliphatic rings. The zero-order valence-electron chi connectivity index (χ0n) is 10.8. The highest BCUT2D eigenvalue weighted by Crippen LogP contribution is 2.22. The zero-order valence-corrected chi connectivity index (χ0v) is 12.4. The van der Waals surface area contributed by atoms with Gasteiger partial charge in [0.1, 0.15) is 10.9 Å². The number of hydrogen-bond acceptors (Lipinski definition) is 4. The Morgan fingerprint density at radius 3 is 2.86 bits per heavy atom. The number of nitrogens with one attached hydrogen (secondary N) is 1. The van der Waals surface area contributed by atoms with Crippen LogP contribution in [0.25, 0.3) is 0 Å².